The molecule has 122 valence electrons. The molecule has 0 unspecified atom stereocenters. The number of aromatic nitrogens is 3. The number of nitrogens with one attached hydrogen (secondary N) is 1. The fourth-order valence-corrected chi connectivity index (χ4v) is 2.51. The zero-order chi connectivity index (χ0) is 17.3. The highest BCUT2D eigenvalue weighted by Gasteiger charge is 2.15. The van der Waals surface area contributed by atoms with Crippen molar-refractivity contribution >= 4 is 22.3 Å². The molecule has 0 aliphatic rings. The van der Waals surface area contributed by atoms with E-state index in [-0.39, 0.29) is 17.3 Å². The maximum absolute atomic E-state index is 12.1. The first-order valence-electron chi connectivity index (χ1n) is 7.29. The van der Waals surface area contributed by atoms with Crippen LogP contribution in [0.4, 0.5) is 11.4 Å². The molecule has 1 aromatic carbocycles. The zero-order valence-corrected chi connectivity index (χ0v) is 13.1. The summed E-state index contributed by atoms with van der Waals surface area (Å²) in [4.78, 5) is 31.1. The molecule has 3 rings (SSSR count). The van der Waals surface area contributed by atoms with Crippen molar-refractivity contribution in [1.82, 2.24) is 14.5 Å². The number of benzene rings is 1. The number of non-ortho nitro benzene ring substituents is 1. The molecular formula is C16H15N5O3. The molecular weight excluding hydrogens is 310 g/mol. The fraction of sp³-hybridized carbons (Fsp3) is 0.188. The number of anilines is 1. The van der Waals surface area contributed by atoms with E-state index >= 15 is 0 Å². The zero-order valence-electron chi connectivity index (χ0n) is 13.1. The van der Waals surface area contributed by atoms with E-state index in [4.69, 9.17) is 0 Å². The summed E-state index contributed by atoms with van der Waals surface area (Å²) < 4.78 is 1.45. The van der Waals surface area contributed by atoms with Crippen molar-refractivity contribution in [3.05, 3.63) is 69.0 Å². The van der Waals surface area contributed by atoms with Crippen molar-refractivity contribution < 1.29 is 4.92 Å². The molecule has 8 nitrogen and oxygen atoms in total. The topological polar surface area (TPSA) is 103 Å². The summed E-state index contributed by atoms with van der Waals surface area (Å²) >= 11 is 0. The molecule has 0 radical (unpaired) electrons. The summed E-state index contributed by atoms with van der Waals surface area (Å²) in [6.07, 6.45) is 3.26. The summed E-state index contributed by atoms with van der Waals surface area (Å²) in [5.74, 6) is 0.566. The lowest BCUT2D eigenvalue weighted by Crippen LogP contribution is -2.19. The second kappa shape index (κ2) is 6.07. The molecule has 1 atom stereocenters. The monoisotopic (exact) mass is 325 g/mol. The van der Waals surface area contributed by atoms with Crippen LogP contribution in [-0.2, 0) is 7.05 Å². The normalized spacial score (nSPS) is 12.1. The Bertz CT molecular complexity index is 969. The number of rotatable bonds is 4. The number of fused-ring (bicyclic) bond motifs is 1. The number of nitro groups is 1. The van der Waals surface area contributed by atoms with Crippen molar-refractivity contribution in [3.63, 3.8) is 0 Å². The van der Waals surface area contributed by atoms with Gasteiger partial charge in [0.1, 0.15) is 5.82 Å². The average Bonchev–Trinajstić information content (AvgIpc) is 2.59. The Balaban J connectivity index is 2.12. The Morgan fingerprint density at radius 1 is 1.25 bits per heavy atom. The third-order valence-electron chi connectivity index (χ3n) is 3.79. The molecule has 0 aliphatic heterocycles. The van der Waals surface area contributed by atoms with Gasteiger partial charge in [0.15, 0.2) is 0 Å². The quantitative estimate of drug-likeness (QED) is 0.583. The lowest BCUT2D eigenvalue weighted by Gasteiger charge is -2.16. The van der Waals surface area contributed by atoms with Crippen LogP contribution in [0.2, 0.25) is 0 Å². The minimum atomic E-state index is -0.460. The molecule has 0 saturated heterocycles. The Kier molecular flexibility index (Phi) is 3.95. The molecule has 8 heteroatoms. The van der Waals surface area contributed by atoms with Gasteiger partial charge in [-0.25, -0.2) is 9.97 Å². The van der Waals surface area contributed by atoms with Gasteiger partial charge in [0.25, 0.3) is 11.2 Å². The van der Waals surface area contributed by atoms with Crippen molar-refractivity contribution in [2.24, 2.45) is 7.05 Å². The van der Waals surface area contributed by atoms with Crippen LogP contribution in [0, 0.1) is 10.1 Å². The van der Waals surface area contributed by atoms with E-state index in [0.29, 0.717) is 22.4 Å². The van der Waals surface area contributed by atoms with Crippen LogP contribution in [0.1, 0.15) is 18.8 Å². The van der Waals surface area contributed by atoms with Crippen molar-refractivity contribution in [2.45, 2.75) is 13.0 Å². The molecule has 0 saturated carbocycles. The Morgan fingerprint density at radius 3 is 2.62 bits per heavy atom. The van der Waals surface area contributed by atoms with Gasteiger partial charge in [-0.05, 0) is 19.1 Å². The SMILES string of the molecule is C[C@@H](Nc1cc(=O)n(C)c2ccc([N+](=O)[O-])cc12)c1ncccn1. The first kappa shape index (κ1) is 15.6. The van der Waals surface area contributed by atoms with E-state index in [1.165, 1.54) is 22.8 Å². The smallest absolute Gasteiger partial charge is 0.270 e. The minimum Gasteiger partial charge on any atom is -0.375 e. The van der Waals surface area contributed by atoms with E-state index in [1.807, 2.05) is 6.92 Å². The first-order valence-corrected chi connectivity index (χ1v) is 7.29. The van der Waals surface area contributed by atoms with Crippen LogP contribution in [0.3, 0.4) is 0 Å². The van der Waals surface area contributed by atoms with E-state index in [1.54, 1.807) is 31.6 Å². The Labute approximate surface area is 136 Å². The lowest BCUT2D eigenvalue weighted by molar-refractivity contribution is -0.384. The number of hydrogen-bond donors (Lipinski definition) is 1. The third-order valence-corrected chi connectivity index (χ3v) is 3.79. The van der Waals surface area contributed by atoms with Crippen LogP contribution < -0.4 is 10.9 Å². The lowest BCUT2D eigenvalue weighted by atomic mass is 10.1. The maximum Gasteiger partial charge on any atom is 0.270 e. The van der Waals surface area contributed by atoms with E-state index < -0.39 is 4.92 Å². The standard InChI is InChI=1S/C16H15N5O3/c1-10(16-17-6-3-7-18-16)19-13-9-15(22)20(2)14-5-4-11(21(23)24)8-12(13)14/h3-10,19H,1-2H3/t10-/m1/s1. The third kappa shape index (κ3) is 2.81. The highest BCUT2D eigenvalue weighted by atomic mass is 16.6. The van der Waals surface area contributed by atoms with Crippen LogP contribution in [0.15, 0.2) is 47.5 Å². The van der Waals surface area contributed by atoms with Crippen LogP contribution in [-0.4, -0.2) is 19.5 Å². The molecule has 2 heterocycles. The summed E-state index contributed by atoms with van der Waals surface area (Å²) in [5.41, 5.74) is 0.876. The van der Waals surface area contributed by atoms with Gasteiger partial charge >= 0.3 is 0 Å². The van der Waals surface area contributed by atoms with Gasteiger partial charge in [0, 0.05) is 48.7 Å². The van der Waals surface area contributed by atoms with Gasteiger partial charge in [0.05, 0.1) is 16.5 Å². The van der Waals surface area contributed by atoms with E-state index in [2.05, 4.69) is 15.3 Å². The number of pyridine rings is 1. The number of nitro benzene ring substituents is 1. The van der Waals surface area contributed by atoms with Crippen LogP contribution in [0.25, 0.3) is 10.9 Å². The summed E-state index contributed by atoms with van der Waals surface area (Å²) in [6, 6.07) is 7.29. The van der Waals surface area contributed by atoms with Crippen molar-refractivity contribution in [1.29, 1.82) is 0 Å². The van der Waals surface area contributed by atoms with Gasteiger partial charge in [-0.1, -0.05) is 0 Å². The van der Waals surface area contributed by atoms with Gasteiger partial charge in [-0.15, -0.1) is 0 Å². The van der Waals surface area contributed by atoms with Crippen LogP contribution in [0.5, 0.6) is 0 Å². The summed E-state index contributed by atoms with van der Waals surface area (Å²) in [5, 5.41) is 14.8. The summed E-state index contributed by atoms with van der Waals surface area (Å²) in [7, 11) is 1.63. The van der Waals surface area contributed by atoms with Gasteiger partial charge in [-0.3, -0.25) is 14.9 Å². The molecule has 24 heavy (non-hydrogen) atoms. The predicted molar refractivity (Wildman–Crippen MR) is 89.9 cm³/mol. The maximum atomic E-state index is 12.1. The number of aryl methyl sites for hydroxylation is 1. The van der Waals surface area contributed by atoms with E-state index in [9.17, 15) is 14.9 Å². The molecule has 0 amide bonds. The minimum absolute atomic E-state index is 0.0344. The molecule has 0 spiro atoms. The fourth-order valence-electron chi connectivity index (χ4n) is 2.51. The molecule has 0 bridgehead atoms. The van der Waals surface area contributed by atoms with Crippen molar-refractivity contribution in [3.8, 4) is 0 Å². The molecule has 2 aromatic heterocycles. The number of nitrogens with zero attached hydrogens (tertiary/aromatic N) is 4. The van der Waals surface area contributed by atoms with Gasteiger partial charge < -0.3 is 9.88 Å². The molecule has 1 N–H and O–H groups in total. The van der Waals surface area contributed by atoms with Gasteiger partial charge in [0.2, 0.25) is 0 Å². The number of hydrogen-bond acceptors (Lipinski definition) is 6. The van der Waals surface area contributed by atoms with Crippen LogP contribution >= 0.6 is 0 Å². The second-order valence-corrected chi connectivity index (χ2v) is 5.39. The Morgan fingerprint density at radius 2 is 1.96 bits per heavy atom. The largest absolute Gasteiger partial charge is 0.375 e. The highest BCUT2D eigenvalue weighted by molar-refractivity contribution is 5.93. The van der Waals surface area contributed by atoms with Crippen molar-refractivity contribution in [2.75, 3.05) is 5.32 Å². The average molecular weight is 325 g/mol. The van der Waals surface area contributed by atoms with Gasteiger partial charge in [-0.2, -0.15) is 0 Å². The molecule has 0 fully saturated rings. The summed E-state index contributed by atoms with van der Waals surface area (Å²) in [6.45, 7) is 1.86. The highest BCUT2D eigenvalue weighted by Crippen LogP contribution is 2.28. The van der Waals surface area contributed by atoms with E-state index in [0.717, 1.165) is 0 Å². The Hall–Kier alpha value is -3.29. The molecule has 3 aromatic rings. The first-order chi connectivity index (χ1) is 11.5. The predicted octanol–water partition coefficient (Wildman–Crippen LogP) is 2.41. The molecule has 0 aliphatic carbocycles. The second-order valence-electron chi connectivity index (χ2n) is 5.39.